The Hall–Kier alpha value is -2.17. The van der Waals surface area contributed by atoms with Gasteiger partial charge in [-0.2, -0.15) is 0 Å². The number of aliphatic hydroxyl groups excluding tert-OH is 1. The molecule has 0 amide bonds. The molecule has 0 aliphatic heterocycles. The predicted molar refractivity (Wildman–Crippen MR) is 139 cm³/mol. The molecule has 3 rings (SSSR count). The maximum atomic E-state index is 11.8. The Labute approximate surface area is 241 Å². The van der Waals surface area contributed by atoms with Crippen LogP contribution in [0, 0.1) is 0 Å². The van der Waals surface area contributed by atoms with Crippen molar-refractivity contribution in [3.05, 3.63) is 107 Å². The molecule has 0 spiro atoms. The molecule has 192 valence electrons. The first-order chi connectivity index (χ1) is 17.3. The number of allylic oxidation sites excluding steroid dienone is 1. The zero-order valence-corrected chi connectivity index (χ0v) is 24.0. The topological polar surface area (TPSA) is 119 Å². The monoisotopic (exact) mass is 533 g/mol. The Bertz CT molecular complexity index is 1230. The number of benzene rings is 3. The maximum Gasteiger partial charge on any atom is 1.00 e. The molecule has 9 heteroatoms. The van der Waals surface area contributed by atoms with Crippen LogP contribution in [-0.2, 0) is 29.7 Å². The number of aromatic hydroxyl groups is 1. The Morgan fingerprint density at radius 2 is 1.65 bits per heavy atom. The summed E-state index contributed by atoms with van der Waals surface area (Å²) in [5, 5.41) is 21.6. The standard InChI is InChI=1S/C28H33NO6S.Na/c1-29-19-23-5-2-3-6-24(23)20-35-26-16-9-21(10-17-26)11-18-27(36(32,33)34)7-4-8-28(31)22-12-14-25(30)15-13-22;/h2-6,8-10,12-17,27-31H,7,11,18-20H2,1H3,(H,32,33,34);/q;+1/p-1. The van der Waals surface area contributed by atoms with Gasteiger partial charge in [0.2, 0.25) is 0 Å². The van der Waals surface area contributed by atoms with Crippen molar-refractivity contribution in [2.24, 2.45) is 0 Å². The Morgan fingerprint density at radius 1 is 1.00 bits per heavy atom. The summed E-state index contributed by atoms with van der Waals surface area (Å²) in [4.78, 5) is 0. The third kappa shape index (κ3) is 10.2. The van der Waals surface area contributed by atoms with E-state index in [0.717, 1.165) is 17.7 Å². The van der Waals surface area contributed by atoms with Crippen LogP contribution in [0.1, 0.15) is 41.2 Å². The molecular weight excluding hydrogens is 501 g/mol. The second-order valence-corrected chi connectivity index (χ2v) is 10.2. The van der Waals surface area contributed by atoms with Gasteiger partial charge in [0.25, 0.3) is 0 Å². The predicted octanol–water partition coefficient (Wildman–Crippen LogP) is 1.22. The molecule has 7 nitrogen and oxygen atoms in total. The van der Waals surface area contributed by atoms with E-state index in [1.807, 2.05) is 49.5 Å². The van der Waals surface area contributed by atoms with E-state index in [-0.39, 0.29) is 48.1 Å². The number of ether oxygens (including phenoxy) is 1. The maximum absolute atomic E-state index is 11.8. The van der Waals surface area contributed by atoms with Gasteiger partial charge in [0.05, 0.1) is 21.5 Å². The van der Waals surface area contributed by atoms with Crippen LogP contribution in [0.2, 0.25) is 0 Å². The van der Waals surface area contributed by atoms with Gasteiger partial charge in [-0.1, -0.05) is 60.7 Å². The Balaban J connectivity index is 0.00000481. The van der Waals surface area contributed by atoms with Crippen LogP contribution in [-0.4, -0.2) is 35.5 Å². The first-order valence-corrected chi connectivity index (χ1v) is 13.2. The first kappa shape index (κ1) is 31.1. The number of nitrogens with one attached hydrogen (secondary N) is 1. The molecule has 0 saturated heterocycles. The van der Waals surface area contributed by atoms with Crippen molar-refractivity contribution in [2.45, 2.75) is 43.8 Å². The summed E-state index contributed by atoms with van der Waals surface area (Å²) in [5.41, 5.74) is 3.73. The first-order valence-electron chi connectivity index (χ1n) is 11.8. The third-order valence-electron chi connectivity index (χ3n) is 5.92. The molecule has 0 radical (unpaired) electrons. The van der Waals surface area contributed by atoms with Crippen molar-refractivity contribution in [3.8, 4) is 11.5 Å². The third-order valence-corrected chi connectivity index (χ3v) is 7.16. The molecule has 2 unspecified atom stereocenters. The van der Waals surface area contributed by atoms with Crippen LogP contribution in [0.4, 0.5) is 0 Å². The quantitative estimate of drug-likeness (QED) is 0.172. The molecule has 0 aliphatic carbocycles. The van der Waals surface area contributed by atoms with Gasteiger partial charge in [0.1, 0.15) is 18.1 Å². The second kappa shape index (κ2) is 15.3. The van der Waals surface area contributed by atoms with Crippen LogP contribution in [0.5, 0.6) is 11.5 Å². The molecule has 3 N–H and O–H groups in total. The molecule has 3 aromatic rings. The summed E-state index contributed by atoms with van der Waals surface area (Å²) >= 11 is 0. The van der Waals surface area contributed by atoms with Crippen molar-refractivity contribution in [2.75, 3.05) is 7.05 Å². The molecule has 0 fully saturated rings. The van der Waals surface area contributed by atoms with Gasteiger partial charge >= 0.3 is 29.6 Å². The molecule has 37 heavy (non-hydrogen) atoms. The van der Waals surface area contributed by atoms with Gasteiger partial charge in [-0.25, -0.2) is 8.42 Å². The van der Waals surface area contributed by atoms with E-state index < -0.39 is 21.5 Å². The fourth-order valence-electron chi connectivity index (χ4n) is 3.82. The molecule has 2 atom stereocenters. The zero-order valence-electron chi connectivity index (χ0n) is 21.2. The molecule has 3 aromatic carbocycles. The van der Waals surface area contributed by atoms with E-state index in [2.05, 4.69) is 11.4 Å². The Morgan fingerprint density at radius 3 is 2.27 bits per heavy atom. The van der Waals surface area contributed by atoms with Crippen LogP contribution in [0.3, 0.4) is 0 Å². The van der Waals surface area contributed by atoms with Crippen molar-refractivity contribution in [1.82, 2.24) is 5.32 Å². The van der Waals surface area contributed by atoms with Crippen molar-refractivity contribution < 1.29 is 57.5 Å². The van der Waals surface area contributed by atoms with Crippen molar-refractivity contribution in [1.29, 1.82) is 0 Å². The van der Waals surface area contributed by atoms with E-state index in [1.165, 1.54) is 29.8 Å². The number of aliphatic hydroxyl groups is 1. The van der Waals surface area contributed by atoms with Gasteiger partial charge in [0, 0.05) is 6.54 Å². The molecule has 0 saturated carbocycles. The minimum absolute atomic E-state index is 0. The summed E-state index contributed by atoms with van der Waals surface area (Å²) in [6, 6.07) is 21.5. The van der Waals surface area contributed by atoms with Crippen LogP contribution >= 0.6 is 0 Å². The van der Waals surface area contributed by atoms with Gasteiger partial charge < -0.3 is 24.8 Å². The van der Waals surface area contributed by atoms with Gasteiger partial charge in [-0.3, -0.25) is 0 Å². The average Bonchev–Trinajstić information content (AvgIpc) is 2.86. The van der Waals surface area contributed by atoms with Crippen LogP contribution in [0.15, 0.2) is 84.9 Å². The summed E-state index contributed by atoms with van der Waals surface area (Å²) in [5.74, 6) is 0.791. The van der Waals surface area contributed by atoms with Crippen LogP contribution in [0.25, 0.3) is 0 Å². The number of hydrogen-bond acceptors (Lipinski definition) is 7. The minimum atomic E-state index is -4.51. The van der Waals surface area contributed by atoms with Crippen molar-refractivity contribution in [3.63, 3.8) is 0 Å². The zero-order chi connectivity index (χ0) is 26.0. The van der Waals surface area contributed by atoms with Crippen LogP contribution < -0.4 is 39.6 Å². The summed E-state index contributed by atoms with van der Waals surface area (Å²) in [6.07, 6.45) is 2.60. The smallest absolute Gasteiger partial charge is 0.748 e. The van der Waals surface area contributed by atoms with E-state index in [9.17, 15) is 23.2 Å². The Kier molecular flexibility index (Phi) is 12.8. The average molecular weight is 534 g/mol. The normalized spacial score (nSPS) is 13.2. The van der Waals surface area contributed by atoms with E-state index >= 15 is 0 Å². The second-order valence-electron chi connectivity index (χ2n) is 8.59. The van der Waals surface area contributed by atoms with Gasteiger partial charge in [-0.05, 0) is 72.8 Å². The SMILES string of the molecule is CNCc1ccccc1COc1ccc(CCC(CC=CC(O)c2ccc(O)cc2)S(=O)(=O)[O-])cc1.[Na+]. The fourth-order valence-corrected chi connectivity index (χ4v) is 4.58. The van der Waals surface area contributed by atoms with E-state index in [4.69, 9.17) is 4.74 Å². The summed E-state index contributed by atoms with van der Waals surface area (Å²) < 4.78 is 41.3. The number of hydrogen-bond donors (Lipinski definition) is 3. The molecule has 0 bridgehead atoms. The summed E-state index contributed by atoms with van der Waals surface area (Å²) in [6.45, 7) is 1.20. The minimum Gasteiger partial charge on any atom is -0.748 e. The van der Waals surface area contributed by atoms with E-state index in [0.29, 0.717) is 24.3 Å². The van der Waals surface area contributed by atoms with E-state index in [1.54, 1.807) is 12.1 Å². The number of aryl methyl sites for hydroxylation is 1. The molecule has 0 aliphatic rings. The van der Waals surface area contributed by atoms with Gasteiger partial charge in [-0.15, -0.1) is 0 Å². The number of rotatable bonds is 13. The van der Waals surface area contributed by atoms with Gasteiger partial charge in [0.15, 0.2) is 0 Å². The molecule has 0 heterocycles. The number of phenols is 1. The fraction of sp³-hybridized carbons (Fsp3) is 0.286. The number of phenolic OH excluding ortho intramolecular Hbond substituents is 1. The molecular formula is C28H32NNaO6S. The van der Waals surface area contributed by atoms with Crippen molar-refractivity contribution >= 4 is 10.1 Å². The largest absolute Gasteiger partial charge is 1.00 e. The summed E-state index contributed by atoms with van der Waals surface area (Å²) in [7, 11) is -2.61. The molecule has 0 aromatic heterocycles.